The molecule has 1 fully saturated rings. The highest BCUT2D eigenvalue weighted by Gasteiger charge is 2.16. The van der Waals surface area contributed by atoms with Crippen molar-refractivity contribution in [2.75, 3.05) is 0 Å². The standard InChI is InChI=1S/C13H16ClNO3/c14-12-7-6-10(8-13(12)15(16)17)9-18-11-4-2-1-3-5-11/h6-8,11H,1-5,9H2. The monoisotopic (exact) mass is 269 g/mol. The van der Waals surface area contributed by atoms with E-state index in [9.17, 15) is 10.1 Å². The fourth-order valence-corrected chi connectivity index (χ4v) is 2.42. The SMILES string of the molecule is O=[N+]([O-])c1cc(COC2CCCCC2)ccc1Cl. The summed E-state index contributed by atoms with van der Waals surface area (Å²) in [5.41, 5.74) is 0.748. The minimum atomic E-state index is -0.466. The fraction of sp³-hybridized carbons (Fsp3) is 0.538. The largest absolute Gasteiger partial charge is 0.374 e. The molecule has 98 valence electrons. The van der Waals surface area contributed by atoms with Gasteiger partial charge in [-0.25, -0.2) is 0 Å². The Morgan fingerprint density at radius 3 is 2.72 bits per heavy atom. The maximum Gasteiger partial charge on any atom is 0.288 e. The van der Waals surface area contributed by atoms with Crippen molar-refractivity contribution in [1.82, 2.24) is 0 Å². The molecule has 4 nitrogen and oxygen atoms in total. The first kappa shape index (κ1) is 13.3. The van der Waals surface area contributed by atoms with Crippen LogP contribution in [0.1, 0.15) is 37.7 Å². The lowest BCUT2D eigenvalue weighted by Gasteiger charge is -2.21. The predicted molar refractivity (Wildman–Crippen MR) is 69.8 cm³/mol. The van der Waals surface area contributed by atoms with Crippen LogP contribution in [-0.4, -0.2) is 11.0 Å². The van der Waals surface area contributed by atoms with E-state index in [1.165, 1.54) is 25.3 Å². The van der Waals surface area contributed by atoms with Gasteiger partial charge in [0, 0.05) is 6.07 Å². The molecule has 0 radical (unpaired) electrons. The number of benzene rings is 1. The van der Waals surface area contributed by atoms with E-state index in [2.05, 4.69) is 0 Å². The van der Waals surface area contributed by atoms with Crippen molar-refractivity contribution in [2.45, 2.75) is 44.8 Å². The number of halogens is 1. The normalized spacial score (nSPS) is 16.7. The van der Waals surface area contributed by atoms with Crippen molar-refractivity contribution in [2.24, 2.45) is 0 Å². The molecule has 1 aliphatic carbocycles. The highest BCUT2D eigenvalue weighted by atomic mass is 35.5. The lowest BCUT2D eigenvalue weighted by Crippen LogP contribution is -2.16. The van der Waals surface area contributed by atoms with E-state index in [0.717, 1.165) is 18.4 Å². The third kappa shape index (κ3) is 3.43. The summed E-state index contributed by atoms with van der Waals surface area (Å²) in [6, 6.07) is 4.82. The van der Waals surface area contributed by atoms with Gasteiger partial charge >= 0.3 is 0 Å². The van der Waals surface area contributed by atoms with E-state index in [1.807, 2.05) is 0 Å². The summed E-state index contributed by atoms with van der Waals surface area (Å²) in [5.74, 6) is 0. The Bertz CT molecular complexity index is 430. The number of hydrogen-bond donors (Lipinski definition) is 0. The van der Waals surface area contributed by atoms with Crippen LogP contribution in [0.2, 0.25) is 5.02 Å². The second kappa shape index (κ2) is 6.16. The summed E-state index contributed by atoms with van der Waals surface area (Å²) in [5, 5.41) is 10.9. The first-order valence-electron chi connectivity index (χ1n) is 6.21. The van der Waals surface area contributed by atoms with Gasteiger partial charge < -0.3 is 4.74 Å². The van der Waals surface area contributed by atoms with E-state index in [1.54, 1.807) is 12.1 Å². The van der Waals surface area contributed by atoms with Gasteiger partial charge in [0.15, 0.2) is 0 Å². The molecule has 0 bridgehead atoms. The number of nitrogens with zero attached hydrogens (tertiary/aromatic N) is 1. The zero-order chi connectivity index (χ0) is 13.0. The Morgan fingerprint density at radius 2 is 2.06 bits per heavy atom. The molecule has 1 saturated carbocycles. The van der Waals surface area contributed by atoms with Gasteiger partial charge in [-0.2, -0.15) is 0 Å². The number of ether oxygens (including phenoxy) is 1. The van der Waals surface area contributed by atoms with Crippen molar-refractivity contribution < 1.29 is 9.66 Å². The van der Waals surface area contributed by atoms with E-state index in [-0.39, 0.29) is 10.7 Å². The van der Waals surface area contributed by atoms with Crippen molar-refractivity contribution in [3.63, 3.8) is 0 Å². The second-order valence-electron chi connectivity index (χ2n) is 4.61. The maximum absolute atomic E-state index is 10.8. The minimum Gasteiger partial charge on any atom is -0.374 e. The third-order valence-corrected chi connectivity index (χ3v) is 3.56. The first-order valence-corrected chi connectivity index (χ1v) is 6.59. The molecule has 0 amide bonds. The van der Waals surface area contributed by atoms with Crippen LogP contribution in [0.15, 0.2) is 18.2 Å². The summed E-state index contributed by atoms with van der Waals surface area (Å²) >= 11 is 5.76. The summed E-state index contributed by atoms with van der Waals surface area (Å²) in [4.78, 5) is 10.3. The lowest BCUT2D eigenvalue weighted by molar-refractivity contribution is -0.384. The molecule has 0 heterocycles. The second-order valence-corrected chi connectivity index (χ2v) is 5.02. The Labute approximate surface area is 111 Å². The highest BCUT2D eigenvalue weighted by molar-refractivity contribution is 6.32. The lowest BCUT2D eigenvalue weighted by atomic mass is 9.98. The van der Waals surface area contributed by atoms with E-state index >= 15 is 0 Å². The molecule has 0 aromatic heterocycles. The fourth-order valence-electron chi connectivity index (χ4n) is 2.23. The molecule has 2 rings (SSSR count). The van der Waals surface area contributed by atoms with Crippen molar-refractivity contribution in [1.29, 1.82) is 0 Å². The van der Waals surface area contributed by atoms with Crippen molar-refractivity contribution in [3.8, 4) is 0 Å². The predicted octanol–water partition coefficient (Wildman–Crippen LogP) is 4.10. The van der Waals surface area contributed by atoms with Crippen molar-refractivity contribution in [3.05, 3.63) is 38.9 Å². The van der Waals surface area contributed by atoms with Gasteiger partial charge in [0.1, 0.15) is 5.02 Å². The molecule has 0 unspecified atom stereocenters. The maximum atomic E-state index is 10.8. The van der Waals surface area contributed by atoms with Crippen molar-refractivity contribution >= 4 is 17.3 Å². The van der Waals surface area contributed by atoms with Gasteiger partial charge in [0.05, 0.1) is 17.6 Å². The van der Waals surface area contributed by atoms with E-state index < -0.39 is 4.92 Å². The van der Waals surface area contributed by atoms with Crippen LogP contribution in [0.3, 0.4) is 0 Å². The molecular formula is C13H16ClNO3. The van der Waals surface area contributed by atoms with Crippen LogP contribution in [0, 0.1) is 10.1 Å². The molecule has 1 aliphatic rings. The summed E-state index contributed by atoms with van der Waals surface area (Å²) in [6.07, 6.45) is 6.20. The van der Waals surface area contributed by atoms with Gasteiger partial charge in [0.2, 0.25) is 0 Å². The summed E-state index contributed by atoms with van der Waals surface area (Å²) < 4.78 is 5.78. The Balaban J connectivity index is 1.96. The van der Waals surface area contributed by atoms with Crippen LogP contribution >= 0.6 is 11.6 Å². The molecule has 0 atom stereocenters. The Morgan fingerprint density at radius 1 is 1.33 bits per heavy atom. The first-order chi connectivity index (χ1) is 8.66. The third-order valence-electron chi connectivity index (χ3n) is 3.25. The van der Waals surface area contributed by atoms with Gasteiger partial charge in [-0.3, -0.25) is 10.1 Å². The van der Waals surface area contributed by atoms with Gasteiger partial charge in [-0.15, -0.1) is 0 Å². The van der Waals surface area contributed by atoms with Crippen LogP contribution < -0.4 is 0 Å². The molecule has 0 N–H and O–H groups in total. The Kier molecular flexibility index (Phi) is 4.55. The Hall–Kier alpha value is -1.13. The molecule has 5 heteroatoms. The molecule has 0 spiro atoms. The summed E-state index contributed by atoms with van der Waals surface area (Å²) in [7, 11) is 0. The van der Waals surface area contributed by atoms with Crippen LogP contribution in [-0.2, 0) is 11.3 Å². The van der Waals surface area contributed by atoms with E-state index in [4.69, 9.17) is 16.3 Å². The number of nitro groups is 1. The van der Waals surface area contributed by atoms with Crippen LogP contribution in [0.5, 0.6) is 0 Å². The average Bonchev–Trinajstić information content (AvgIpc) is 2.38. The highest BCUT2D eigenvalue weighted by Crippen LogP contribution is 2.26. The smallest absolute Gasteiger partial charge is 0.288 e. The van der Waals surface area contributed by atoms with E-state index in [0.29, 0.717) is 12.7 Å². The number of hydrogen-bond acceptors (Lipinski definition) is 3. The molecule has 1 aromatic carbocycles. The molecule has 18 heavy (non-hydrogen) atoms. The minimum absolute atomic E-state index is 0.0542. The summed E-state index contributed by atoms with van der Waals surface area (Å²) in [6.45, 7) is 0.419. The zero-order valence-corrected chi connectivity index (χ0v) is 10.9. The van der Waals surface area contributed by atoms with Gasteiger partial charge in [-0.05, 0) is 24.5 Å². The zero-order valence-electron chi connectivity index (χ0n) is 10.1. The van der Waals surface area contributed by atoms with Gasteiger partial charge in [-0.1, -0.05) is 36.9 Å². The number of rotatable bonds is 4. The molecule has 0 saturated heterocycles. The molecule has 0 aliphatic heterocycles. The quantitative estimate of drug-likeness (QED) is 0.611. The van der Waals surface area contributed by atoms with Gasteiger partial charge in [0.25, 0.3) is 5.69 Å². The molecular weight excluding hydrogens is 254 g/mol. The van der Waals surface area contributed by atoms with Crippen LogP contribution in [0.25, 0.3) is 0 Å². The average molecular weight is 270 g/mol. The topological polar surface area (TPSA) is 52.4 Å². The molecule has 1 aromatic rings. The number of nitro benzene ring substituents is 1. The van der Waals surface area contributed by atoms with Crippen LogP contribution in [0.4, 0.5) is 5.69 Å².